The van der Waals surface area contributed by atoms with Crippen molar-refractivity contribution in [1.29, 1.82) is 0 Å². The summed E-state index contributed by atoms with van der Waals surface area (Å²) in [5.41, 5.74) is 3.15. The molecule has 1 saturated heterocycles. The second kappa shape index (κ2) is 4.53. The van der Waals surface area contributed by atoms with E-state index in [9.17, 15) is 4.39 Å². The molecule has 1 aliphatic rings. The molecule has 1 aliphatic heterocycles. The number of hydrogen-bond donors (Lipinski definition) is 1. The summed E-state index contributed by atoms with van der Waals surface area (Å²) in [6, 6.07) is 6.72. The molecule has 1 N–H and O–H groups in total. The molecular weight excluding hydrogens is 229 g/mol. The van der Waals surface area contributed by atoms with E-state index < -0.39 is 0 Å². The Labute approximate surface area is 106 Å². The van der Waals surface area contributed by atoms with Crippen LogP contribution in [0.5, 0.6) is 0 Å². The average Bonchev–Trinajstić information content (AvgIpc) is 2.97. The minimum absolute atomic E-state index is 0.202. The molecule has 2 aromatic rings. The minimum Gasteiger partial charge on any atom is -0.316 e. The number of nitrogens with zero attached hydrogens (tertiary/aromatic N) is 2. The monoisotopic (exact) mass is 245 g/mol. The first kappa shape index (κ1) is 11.4. The predicted octanol–water partition coefficient (Wildman–Crippen LogP) is 2.30. The van der Waals surface area contributed by atoms with Gasteiger partial charge in [-0.3, -0.25) is 4.68 Å². The third-order valence-electron chi connectivity index (χ3n) is 3.57. The molecule has 0 spiro atoms. The van der Waals surface area contributed by atoms with E-state index in [0.29, 0.717) is 5.92 Å². The maximum atomic E-state index is 13.3. The van der Waals surface area contributed by atoms with Crippen LogP contribution in [-0.2, 0) is 7.05 Å². The van der Waals surface area contributed by atoms with Gasteiger partial charge < -0.3 is 5.32 Å². The Hall–Kier alpha value is -1.68. The fourth-order valence-corrected chi connectivity index (χ4v) is 2.70. The Bertz CT molecular complexity index is 556. The van der Waals surface area contributed by atoms with Crippen LogP contribution in [-0.4, -0.2) is 22.9 Å². The molecule has 0 radical (unpaired) electrons. The first-order valence-electron chi connectivity index (χ1n) is 6.24. The molecule has 1 fully saturated rings. The van der Waals surface area contributed by atoms with E-state index in [0.717, 1.165) is 30.6 Å². The van der Waals surface area contributed by atoms with E-state index in [1.54, 1.807) is 12.1 Å². The van der Waals surface area contributed by atoms with Crippen LogP contribution in [0, 0.1) is 5.82 Å². The lowest BCUT2D eigenvalue weighted by atomic mass is 9.96. The molecule has 3 nitrogen and oxygen atoms in total. The van der Waals surface area contributed by atoms with Crippen molar-refractivity contribution in [3.05, 3.63) is 42.0 Å². The van der Waals surface area contributed by atoms with Crippen LogP contribution in [0.2, 0.25) is 0 Å². The normalized spacial score (nSPS) is 19.3. The molecule has 94 valence electrons. The zero-order chi connectivity index (χ0) is 12.5. The van der Waals surface area contributed by atoms with E-state index >= 15 is 0 Å². The van der Waals surface area contributed by atoms with E-state index in [1.165, 1.54) is 11.8 Å². The number of aromatic nitrogens is 2. The third-order valence-corrected chi connectivity index (χ3v) is 3.57. The van der Waals surface area contributed by atoms with E-state index in [1.807, 2.05) is 24.0 Å². The standard InChI is InChI=1S/C14H16FN3/c1-18-14(11-5-6-16-8-11)13(9-17-18)10-3-2-4-12(15)7-10/h2-4,7,9,11,16H,5-6,8H2,1H3. The van der Waals surface area contributed by atoms with Crippen molar-refractivity contribution in [2.45, 2.75) is 12.3 Å². The molecule has 1 atom stereocenters. The Balaban J connectivity index is 2.07. The molecule has 3 rings (SSSR count). The zero-order valence-electron chi connectivity index (χ0n) is 10.4. The van der Waals surface area contributed by atoms with Gasteiger partial charge >= 0.3 is 0 Å². The summed E-state index contributed by atoms with van der Waals surface area (Å²) in [4.78, 5) is 0. The maximum absolute atomic E-state index is 13.3. The van der Waals surface area contributed by atoms with Gasteiger partial charge in [-0.05, 0) is 30.7 Å². The molecule has 0 bridgehead atoms. The van der Waals surface area contributed by atoms with Crippen molar-refractivity contribution >= 4 is 0 Å². The maximum Gasteiger partial charge on any atom is 0.123 e. The quantitative estimate of drug-likeness (QED) is 0.880. The molecule has 18 heavy (non-hydrogen) atoms. The molecule has 0 saturated carbocycles. The second-order valence-electron chi connectivity index (χ2n) is 4.77. The van der Waals surface area contributed by atoms with Gasteiger partial charge in [0.25, 0.3) is 0 Å². The lowest BCUT2D eigenvalue weighted by Crippen LogP contribution is -2.11. The highest BCUT2D eigenvalue weighted by Crippen LogP contribution is 2.32. The van der Waals surface area contributed by atoms with Crippen LogP contribution >= 0.6 is 0 Å². The lowest BCUT2D eigenvalue weighted by molar-refractivity contribution is 0.627. The topological polar surface area (TPSA) is 29.9 Å². The van der Waals surface area contributed by atoms with Crippen molar-refractivity contribution in [2.24, 2.45) is 7.05 Å². The van der Waals surface area contributed by atoms with Crippen molar-refractivity contribution in [2.75, 3.05) is 13.1 Å². The molecule has 1 unspecified atom stereocenters. The largest absolute Gasteiger partial charge is 0.316 e. The van der Waals surface area contributed by atoms with Crippen molar-refractivity contribution in [1.82, 2.24) is 15.1 Å². The first-order chi connectivity index (χ1) is 8.75. The summed E-state index contributed by atoms with van der Waals surface area (Å²) < 4.78 is 15.2. The summed E-state index contributed by atoms with van der Waals surface area (Å²) >= 11 is 0. The zero-order valence-corrected chi connectivity index (χ0v) is 10.4. The van der Waals surface area contributed by atoms with Gasteiger partial charge in [0, 0.05) is 25.1 Å². The van der Waals surface area contributed by atoms with Crippen molar-refractivity contribution in [3.63, 3.8) is 0 Å². The van der Waals surface area contributed by atoms with Gasteiger partial charge in [-0.2, -0.15) is 5.10 Å². The lowest BCUT2D eigenvalue weighted by Gasteiger charge is -2.12. The predicted molar refractivity (Wildman–Crippen MR) is 68.8 cm³/mol. The van der Waals surface area contributed by atoms with E-state index in [4.69, 9.17) is 0 Å². The smallest absolute Gasteiger partial charge is 0.123 e. The molecule has 0 aliphatic carbocycles. The van der Waals surface area contributed by atoms with Gasteiger partial charge in [-0.15, -0.1) is 0 Å². The van der Waals surface area contributed by atoms with Gasteiger partial charge in [-0.25, -0.2) is 4.39 Å². The molecule has 0 amide bonds. The van der Waals surface area contributed by atoms with Crippen LogP contribution in [0.1, 0.15) is 18.0 Å². The number of hydrogen-bond acceptors (Lipinski definition) is 2. The van der Waals surface area contributed by atoms with Gasteiger partial charge in [0.1, 0.15) is 5.82 Å². The third kappa shape index (κ3) is 1.93. The Kier molecular flexibility index (Phi) is 2.88. The molecule has 1 aromatic heterocycles. The van der Waals surface area contributed by atoms with E-state index in [2.05, 4.69) is 10.4 Å². The average molecular weight is 245 g/mol. The Morgan fingerprint density at radius 2 is 2.33 bits per heavy atom. The minimum atomic E-state index is -0.202. The first-order valence-corrected chi connectivity index (χ1v) is 6.24. The number of benzene rings is 1. The van der Waals surface area contributed by atoms with Crippen LogP contribution < -0.4 is 5.32 Å². The molecule has 1 aromatic carbocycles. The number of aryl methyl sites for hydroxylation is 1. The van der Waals surface area contributed by atoms with Crippen LogP contribution in [0.3, 0.4) is 0 Å². The van der Waals surface area contributed by atoms with Crippen molar-refractivity contribution < 1.29 is 4.39 Å². The summed E-state index contributed by atoms with van der Waals surface area (Å²) in [6.45, 7) is 2.01. The summed E-state index contributed by atoms with van der Waals surface area (Å²) in [7, 11) is 1.95. The Morgan fingerprint density at radius 3 is 3.06 bits per heavy atom. The summed E-state index contributed by atoms with van der Waals surface area (Å²) in [6.07, 6.45) is 2.95. The highest BCUT2D eigenvalue weighted by atomic mass is 19.1. The van der Waals surface area contributed by atoms with Crippen LogP contribution in [0.25, 0.3) is 11.1 Å². The van der Waals surface area contributed by atoms with E-state index in [-0.39, 0.29) is 5.82 Å². The summed E-state index contributed by atoms with van der Waals surface area (Å²) in [5, 5.41) is 7.70. The SMILES string of the molecule is Cn1ncc(-c2cccc(F)c2)c1C1CCNC1. The highest BCUT2D eigenvalue weighted by molar-refractivity contribution is 5.66. The molecule has 4 heteroatoms. The van der Waals surface area contributed by atoms with Gasteiger partial charge in [-0.1, -0.05) is 12.1 Å². The van der Waals surface area contributed by atoms with Gasteiger partial charge in [0.15, 0.2) is 0 Å². The second-order valence-corrected chi connectivity index (χ2v) is 4.77. The fraction of sp³-hybridized carbons (Fsp3) is 0.357. The van der Waals surface area contributed by atoms with Gasteiger partial charge in [0.05, 0.1) is 11.9 Å². The van der Waals surface area contributed by atoms with Crippen LogP contribution in [0.15, 0.2) is 30.5 Å². The number of nitrogens with one attached hydrogen (secondary N) is 1. The van der Waals surface area contributed by atoms with Crippen molar-refractivity contribution in [3.8, 4) is 11.1 Å². The fourth-order valence-electron chi connectivity index (χ4n) is 2.70. The highest BCUT2D eigenvalue weighted by Gasteiger charge is 2.23. The molecular formula is C14H16FN3. The molecule has 2 heterocycles. The summed E-state index contributed by atoms with van der Waals surface area (Å²) in [5.74, 6) is 0.266. The number of halogens is 1. The number of rotatable bonds is 2. The Morgan fingerprint density at radius 1 is 1.44 bits per heavy atom. The van der Waals surface area contributed by atoms with Crippen LogP contribution in [0.4, 0.5) is 4.39 Å². The van der Waals surface area contributed by atoms with Gasteiger partial charge in [0.2, 0.25) is 0 Å².